The van der Waals surface area contributed by atoms with E-state index in [9.17, 15) is 58.2 Å². The van der Waals surface area contributed by atoms with Gasteiger partial charge in [0, 0.05) is 50.4 Å². The molecule has 0 spiro atoms. The zero-order chi connectivity index (χ0) is 54.1. The quantitative estimate of drug-likeness (QED) is 0.0323. The molecule has 3 fully saturated rings. The summed E-state index contributed by atoms with van der Waals surface area (Å²) in [5, 5.41) is 36.2. The number of nitrogens with zero attached hydrogens (tertiary/aromatic N) is 3. The highest BCUT2D eigenvalue weighted by molar-refractivity contribution is 8.76. The van der Waals surface area contributed by atoms with Crippen molar-refractivity contribution in [2.45, 2.75) is 106 Å². The monoisotopic (exact) mass is 1070 g/mol. The van der Waals surface area contributed by atoms with E-state index in [1.54, 1.807) is 42.5 Å². The zero-order valence-electron chi connectivity index (χ0n) is 40.3. The number of aliphatic imine (C=N–C) groups is 1. The molecule has 26 nitrogen and oxygen atoms in total. The highest BCUT2D eigenvalue weighted by atomic mass is 33.1. The summed E-state index contributed by atoms with van der Waals surface area (Å²) in [5.41, 5.74) is 29.1. The lowest BCUT2D eigenvalue weighted by Crippen LogP contribution is -2.61. The topological polar surface area (TPSA) is 432 Å². The maximum absolute atomic E-state index is 14.6. The number of rotatable bonds is 16. The molecule has 0 saturated carbocycles. The second-order valence-electron chi connectivity index (χ2n) is 17.9. The molecule has 402 valence electrons. The van der Waals surface area contributed by atoms with Crippen molar-refractivity contribution in [1.82, 2.24) is 41.7 Å². The third-order valence-corrected chi connectivity index (χ3v) is 14.6. The van der Waals surface area contributed by atoms with Crippen molar-refractivity contribution in [3.63, 3.8) is 0 Å². The van der Waals surface area contributed by atoms with E-state index < -0.39 is 133 Å². The molecule has 3 saturated heterocycles. The van der Waals surface area contributed by atoms with Gasteiger partial charge in [0.1, 0.15) is 48.0 Å². The minimum Gasteiger partial charge on any atom is -0.508 e. The highest BCUT2D eigenvalue weighted by Gasteiger charge is 2.44. The predicted molar refractivity (Wildman–Crippen MR) is 271 cm³/mol. The Morgan fingerprint density at radius 2 is 1.42 bits per heavy atom. The van der Waals surface area contributed by atoms with Crippen LogP contribution in [0.3, 0.4) is 0 Å². The number of amides is 10. The van der Waals surface area contributed by atoms with E-state index in [-0.39, 0.29) is 74.8 Å². The van der Waals surface area contributed by atoms with E-state index in [4.69, 9.17) is 28.7 Å². The molecule has 3 aliphatic rings. The van der Waals surface area contributed by atoms with E-state index in [0.717, 1.165) is 26.5 Å². The number of fused-ring (bicyclic) bond motifs is 1. The molecule has 0 aliphatic carbocycles. The van der Waals surface area contributed by atoms with E-state index >= 15 is 0 Å². The lowest BCUT2D eigenvalue weighted by atomic mass is 10.0. The van der Waals surface area contributed by atoms with Gasteiger partial charge in [-0.3, -0.25) is 52.9 Å². The van der Waals surface area contributed by atoms with Gasteiger partial charge in [-0.2, -0.15) is 0 Å². The molecule has 74 heavy (non-hydrogen) atoms. The molecule has 2 aromatic carbocycles. The maximum Gasteiger partial charge on any atom is 0.246 e. The number of aromatic hydroxyl groups is 1. The number of nitrogens with one attached hydrogen (secondary N) is 6. The summed E-state index contributed by atoms with van der Waals surface area (Å²) in [5.74, 6) is -9.20. The molecular formula is C46H64N14O12S2. The summed E-state index contributed by atoms with van der Waals surface area (Å²) in [6.45, 7) is -0.835. The van der Waals surface area contributed by atoms with E-state index in [2.05, 4.69) is 36.9 Å². The minimum atomic E-state index is -1.70. The smallest absolute Gasteiger partial charge is 0.246 e. The number of nitrogens with two attached hydrogens (primary N) is 5. The lowest BCUT2D eigenvalue weighted by molar-refractivity contribution is -0.143. The number of aliphatic hydroxyl groups is 1. The standard InChI is InChI=1S/C46H64N14O12S2/c47-28-22-73-74-23-33(45(72)60-21-27(62)18-35(60)43(70)54-29(8-4-14-52-46(50)51)39(66)53-20-37(49)64)58-41(68)31(19-36(48)63)56-42(69)34-9-5-15-59(34)44(71)32(17-24-6-2-1-3-7-24)57-40(67)30(55-38(28)65)16-25-10-12-26(61)13-11-25/h1-3,6-7,10-13,27-35,61-62H,4-5,8-9,14-23,47H2,(H2,48,63)(H2,49,64)(H,53,66)(H,54,70)(H,55,65)(H,56,69)(H,57,67)(H,58,68)(H4,50,51,52)/t27-,28+,29+,30+,31+,32-,33+,34+,35+/m1/s1. The van der Waals surface area contributed by atoms with Crippen molar-refractivity contribution in [2.24, 2.45) is 33.7 Å². The van der Waals surface area contributed by atoms with Crippen molar-refractivity contribution >= 4 is 86.6 Å². The van der Waals surface area contributed by atoms with Crippen LogP contribution in [0.2, 0.25) is 0 Å². The van der Waals surface area contributed by atoms with Gasteiger partial charge in [0.15, 0.2) is 5.96 Å². The SMILES string of the molecule is NC(=O)CNC(=O)[C@H](CCCN=C(N)N)NC(=O)[C@@H]1C[C@@H](O)CN1C(=O)[C@@H]1CSSC[C@H](N)C(=O)N[C@@H](Cc2ccc(O)cc2)C(=O)N[C@H](Cc2ccccc2)C(=O)N2CCC[C@H]2C(=O)N[C@@H](CC(N)=O)C(=O)N1. The van der Waals surface area contributed by atoms with E-state index in [0.29, 0.717) is 17.5 Å². The maximum atomic E-state index is 14.6. The number of primary amides is 2. The summed E-state index contributed by atoms with van der Waals surface area (Å²) in [6, 6.07) is 3.64. The first-order chi connectivity index (χ1) is 35.2. The molecule has 0 bridgehead atoms. The first-order valence-electron chi connectivity index (χ1n) is 23.7. The zero-order valence-corrected chi connectivity index (χ0v) is 41.9. The average molecular weight is 1070 g/mol. The van der Waals surface area contributed by atoms with Crippen LogP contribution in [0.15, 0.2) is 59.6 Å². The van der Waals surface area contributed by atoms with Gasteiger partial charge in [-0.1, -0.05) is 64.1 Å². The van der Waals surface area contributed by atoms with Crippen LogP contribution in [0.25, 0.3) is 0 Å². The second-order valence-corrected chi connectivity index (χ2v) is 20.5. The molecule has 9 atom stereocenters. The fourth-order valence-corrected chi connectivity index (χ4v) is 10.7. The van der Waals surface area contributed by atoms with Crippen molar-refractivity contribution in [1.29, 1.82) is 0 Å². The molecule has 18 N–H and O–H groups in total. The molecule has 3 heterocycles. The number of guanidine groups is 1. The van der Waals surface area contributed by atoms with Gasteiger partial charge in [0.05, 0.1) is 25.1 Å². The van der Waals surface area contributed by atoms with Crippen LogP contribution < -0.4 is 60.6 Å². The van der Waals surface area contributed by atoms with Crippen molar-refractivity contribution in [3.8, 4) is 5.75 Å². The van der Waals surface area contributed by atoms with Crippen molar-refractivity contribution in [3.05, 3.63) is 65.7 Å². The van der Waals surface area contributed by atoms with Gasteiger partial charge < -0.3 is 80.6 Å². The number of carbonyl (C=O) groups is 10. The normalized spacial score (nSPS) is 24.7. The number of phenols is 1. The first-order valence-corrected chi connectivity index (χ1v) is 26.2. The van der Waals surface area contributed by atoms with Gasteiger partial charge in [-0.25, -0.2) is 0 Å². The number of likely N-dealkylation sites (tertiary alicyclic amines) is 1. The number of carbonyl (C=O) groups excluding carboxylic acids is 10. The Balaban J connectivity index is 1.46. The van der Waals surface area contributed by atoms with Crippen LogP contribution >= 0.6 is 21.6 Å². The van der Waals surface area contributed by atoms with Crippen LogP contribution in [0.4, 0.5) is 0 Å². The Bertz CT molecular complexity index is 2400. The fourth-order valence-electron chi connectivity index (χ4n) is 8.46. The van der Waals surface area contributed by atoms with Crippen LogP contribution in [0.1, 0.15) is 49.7 Å². The van der Waals surface area contributed by atoms with Crippen LogP contribution in [0, 0.1) is 0 Å². The van der Waals surface area contributed by atoms with Crippen LogP contribution in [-0.2, 0) is 60.8 Å². The number of benzene rings is 2. The number of hydrogen-bond acceptors (Lipinski definition) is 16. The molecule has 10 amide bonds. The van der Waals surface area contributed by atoms with Crippen molar-refractivity contribution in [2.75, 3.05) is 37.7 Å². The number of aliphatic hydroxyl groups excluding tert-OH is 1. The van der Waals surface area contributed by atoms with Crippen LogP contribution in [0.5, 0.6) is 5.75 Å². The highest BCUT2D eigenvalue weighted by Crippen LogP contribution is 2.27. The van der Waals surface area contributed by atoms with Gasteiger partial charge >= 0.3 is 0 Å². The molecule has 3 aliphatic heterocycles. The number of phenolic OH excluding ortho intramolecular Hbond substituents is 1. The Kier molecular flexibility index (Phi) is 21.7. The van der Waals surface area contributed by atoms with E-state index in [1.807, 2.05) is 0 Å². The number of β-amino-alcohol motifs (C(OH)–C–C–N with tert-alkyl or cyclic N) is 1. The van der Waals surface area contributed by atoms with Gasteiger partial charge in [-0.15, -0.1) is 0 Å². The molecule has 0 aromatic heterocycles. The van der Waals surface area contributed by atoms with Crippen molar-refractivity contribution < 1.29 is 58.2 Å². The number of hydrogen-bond donors (Lipinski definition) is 13. The molecular weight excluding hydrogens is 1000 g/mol. The molecule has 28 heteroatoms. The molecule has 0 unspecified atom stereocenters. The Hall–Kier alpha value is -7.17. The second kappa shape index (κ2) is 27.8. The van der Waals surface area contributed by atoms with Gasteiger partial charge in [0.2, 0.25) is 59.1 Å². The summed E-state index contributed by atoms with van der Waals surface area (Å²) in [6.07, 6.45) is -1.85. The van der Waals surface area contributed by atoms with Gasteiger partial charge in [-0.05, 0) is 48.9 Å². The lowest BCUT2D eigenvalue weighted by Gasteiger charge is -2.32. The third-order valence-electron chi connectivity index (χ3n) is 12.2. The third kappa shape index (κ3) is 17.2. The largest absolute Gasteiger partial charge is 0.508 e. The minimum absolute atomic E-state index is 0.0320. The molecule has 0 radical (unpaired) electrons. The summed E-state index contributed by atoms with van der Waals surface area (Å²) in [4.78, 5) is 143. The first kappa shape index (κ1) is 57.7. The summed E-state index contributed by atoms with van der Waals surface area (Å²) >= 11 is 0. The Morgan fingerprint density at radius 3 is 2.09 bits per heavy atom. The fraction of sp³-hybridized carbons (Fsp3) is 0.500. The Morgan fingerprint density at radius 1 is 0.784 bits per heavy atom. The summed E-state index contributed by atoms with van der Waals surface area (Å²) < 4.78 is 0. The molecule has 5 rings (SSSR count). The van der Waals surface area contributed by atoms with Gasteiger partial charge in [0.25, 0.3) is 0 Å². The average Bonchev–Trinajstić information content (AvgIpc) is 4.02. The van der Waals surface area contributed by atoms with E-state index in [1.165, 1.54) is 17.0 Å². The Labute approximate surface area is 433 Å². The summed E-state index contributed by atoms with van der Waals surface area (Å²) in [7, 11) is 1.98. The van der Waals surface area contributed by atoms with Crippen LogP contribution in [-0.4, -0.2) is 177 Å². The molecule has 2 aromatic rings. The predicted octanol–water partition coefficient (Wildman–Crippen LogP) is -5.19.